The second-order valence-corrected chi connectivity index (χ2v) is 9.81. The third kappa shape index (κ3) is 3.50. The first-order valence-corrected chi connectivity index (χ1v) is 11.6. The molecule has 0 unspecified atom stereocenters. The van der Waals surface area contributed by atoms with Crippen LogP contribution >= 0.6 is 0 Å². The molecule has 0 saturated heterocycles. The van der Waals surface area contributed by atoms with Crippen LogP contribution in [0.2, 0.25) is 0 Å². The van der Waals surface area contributed by atoms with E-state index in [9.17, 15) is 4.79 Å². The maximum absolute atomic E-state index is 12.2. The number of rotatable bonds is 4. The van der Waals surface area contributed by atoms with E-state index < -0.39 is 0 Å². The summed E-state index contributed by atoms with van der Waals surface area (Å²) >= 11 is 0. The van der Waals surface area contributed by atoms with Gasteiger partial charge >= 0.3 is 0 Å². The third-order valence-corrected chi connectivity index (χ3v) is 7.56. The molecule has 0 heterocycles. The van der Waals surface area contributed by atoms with E-state index in [1.165, 1.54) is 59.9 Å². The molecule has 3 heteroatoms. The highest BCUT2D eigenvalue weighted by molar-refractivity contribution is 6.00. The number of amides is 1. The fraction of sp³-hybridized carbons (Fsp3) is 0.393. The summed E-state index contributed by atoms with van der Waals surface area (Å²) < 4.78 is 0. The van der Waals surface area contributed by atoms with E-state index in [-0.39, 0.29) is 5.91 Å². The molecule has 31 heavy (non-hydrogen) atoms. The molecule has 3 aliphatic rings. The van der Waals surface area contributed by atoms with Gasteiger partial charge in [-0.25, -0.2) is 0 Å². The van der Waals surface area contributed by atoms with Crippen molar-refractivity contribution in [3.63, 3.8) is 0 Å². The van der Waals surface area contributed by atoms with E-state index in [4.69, 9.17) is 5.73 Å². The summed E-state index contributed by atoms with van der Waals surface area (Å²) in [6, 6.07) is 10.8. The van der Waals surface area contributed by atoms with Crippen LogP contribution in [-0.2, 0) is 12.8 Å². The Labute approximate surface area is 185 Å². The van der Waals surface area contributed by atoms with Crippen molar-refractivity contribution in [1.82, 2.24) is 0 Å². The molecule has 1 spiro atoms. The number of nitrogens with zero attached hydrogens (tertiary/aromatic N) is 1. The lowest BCUT2D eigenvalue weighted by Gasteiger charge is -2.22. The average Bonchev–Trinajstić information content (AvgIpc) is 3.39. The number of hydrogen-bond donors (Lipinski definition) is 1. The number of fused-ring (bicyclic) bond motifs is 1. The first-order valence-electron chi connectivity index (χ1n) is 11.6. The largest absolute Gasteiger partial charge is 0.377 e. The first-order chi connectivity index (χ1) is 15.0. The van der Waals surface area contributed by atoms with Crippen LogP contribution in [0.4, 0.5) is 5.69 Å². The summed E-state index contributed by atoms with van der Waals surface area (Å²) in [5.74, 6) is -0.372. The van der Waals surface area contributed by atoms with Gasteiger partial charge < -0.3 is 10.6 Å². The zero-order valence-electron chi connectivity index (χ0n) is 18.7. The summed E-state index contributed by atoms with van der Waals surface area (Å²) in [6.07, 6.45) is 17.0. The molecule has 160 valence electrons. The van der Waals surface area contributed by atoms with Crippen molar-refractivity contribution < 1.29 is 4.79 Å². The van der Waals surface area contributed by atoms with E-state index >= 15 is 0 Å². The van der Waals surface area contributed by atoms with E-state index in [0.29, 0.717) is 11.0 Å². The second-order valence-electron chi connectivity index (χ2n) is 9.81. The Morgan fingerprint density at radius 3 is 2.32 bits per heavy atom. The maximum atomic E-state index is 12.2. The third-order valence-electron chi connectivity index (χ3n) is 7.56. The van der Waals surface area contributed by atoms with Crippen LogP contribution in [0.15, 0.2) is 48.6 Å². The molecule has 3 aliphatic carbocycles. The first kappa shape index (κ1) is 20.1. The van der Waals surface area contributed by atoms with Gasteiger partial charge in [-0.15, -0.1) is 0 Å². The number of nitrogens with two attached hydrogens (primary N) is 1. The summed E-state index contributed by atoms with van der Waals surface area (Å²) in [5.41, 5.74) is 15.8. The molecular formula is C28H32N2O. The quantitative estimate of drug-likeness (QED) is 0.678. The van der Waals surface area contributed by atoms with E-state index in [2.05, 4.69) is 36.4 Å². The van der Waals surface area contributed by atoms with Gasteiger partial charge in [0.15, 0.2) is 0 Å². The Bertz CT molecular complexity index is 1100. The van der Waals surface area contributed by atoms with Crippen molar-refractivity contribution in [1.29, 1.82) is 0 Å². The molecule has 2 aromatic rings. The molecule has 2 aromatic carbocycles. The fourth-order valence-corrected chi connectivity index (χ4v) is 6.03. The van der Waals surface area contributed by atoms with Gasteiger partial charge in [-0.3, -0.25) is 4.79 Å². The Kier molecular flexibility index (Phi) is 5.00. The average molecular weight is 413 g/mol. The zero-order valence-corrected chi connectivity index (χ0v) is 18.7. The lowest BCUT2D eigenvalue weighted by Crippen LogP contribution is -2.18. The predicted octanol–water partition coefficient (Wildman–Crippen LogP) is 5.91. The van der Waals surface area contributed by atoms with Crippen molar-refractivity contribution in [2.45, 2.75) is 51.4 Å². The standard InChI is InChI=1S/C28H32N2O/c1-30(2)26-13-10-20(16-23(26)27(29)31)22-12-11-21(19-8-4-3-5-9-19)24-17-28(18-25(22)24)14-6-7-15-28/h4,8-13,16H,3,5-7,14-15,17-18H2,1-2H3,(H2,29,31). The lowest BCUT2D eigenvalue weighted by molar-refractivity contribution is 0.100. The minimum atomic E-state index is -0.372. The van der Waals surface area contributed by atoms with Crippen LogP contribution < -0.4 is 10.6 Å². The van der Waals surface area contributed by atoms with Crippen LogP contribution in [0.25, 0.3) is 16.7 Å². The van der Waals surface area contributed by atoms with Gasteiger partial charge in [0.1, 0.15) is 0 Å². The van der Waals surface area contributed by atoms with Gasteiger partial charge in [0.05, 0.1) is 5.56 Å². The predicted molar refractivity (Wildman–Crippen MR) is 129 cm³/mol. The van der Waals surface area contributed by atoms with Crippen molar-refractivity contribution in [3.05, 3.63) is 70.8 Å². The monoisotopic (exact) mass is 412 g/mol. The molecule has 0 aliphatic heterocycles. The molecule has 2 N–H and O–H groups in total. The normalized spacial score (nSPS) is 18.8. The van der Waals surface area contributed by atoms with E-state index in [1.54, 1.807) is 0 Å². The van der Waals surface area contributed by atoms with Crippen LogP contribution in [0, 0.1) is 5.41 Å². The molecule has 0 radical (unpaired) electrons. The van der Waals surface area contributed by atoms with Crippen LogP contribution in [0.3, 0.4) is 0 Å². The topological polar surface area (TPSA) is 46.3 Å². The van der Waals surface area contributed by atoms with Crippen molar-refractivity contribution in [3.8, 4) is 11.1 Å². The Balaban J connectivity index is 1.65. The minimum Gasteiger partial charge on any atom is -0.377 e. The summed E-state index contributed by atoms with van der Waals surface area (Å²) in [7, 11) is 3.90. The molecule has 0 bridgehead atoms. The van der Waals surface area contributed by atoms with Crippen LogP contribution in [0.5, 0.6) is 0 Å². The molecule has 3 nitrogen and oxygen atoms in total. The van der Waals surface area contributed by atoms with E-state index in [1.807, 2.05) is 31.1 Å². The molecule has 5 rings (SSSR count). The van der Waals surface area contributed by atoms with E-state index in [0.717, 1.165) is 30.5 Å². The highest BCUT2D eigenvalue weighted by Gasteiger charge is 2.41. The number of anilines is 1. The van der Waals surface area contributed by atoms with Gasteiger partial charge in [0.25, 0.3) is 5.91 Å². The minimum absolute atomic E-state index is 0.372. The van der Waals surface area contributed by atoms with Gasteiger partial charge in [0, 0.05) is 19.8 Å². The zero-order chi connectivity index (χ0) is 21.6. The SMILES string of the molecule is CN(C)c1ccc(-c2ccc(C3=CCCC=C3)c3c2CC2(CCCC2)C3)cc1C(N)=O. The smallest absolute Gasteiger partial charge is 0.250 e. The van der Waals surface area contributed by atoms with Gasteiger partial charge in [-0.2, -0.15) is 0 Å². The molecule has 1 saturated carbocycles. The summed E-state index contributed by atoms with van der Waals surface area (Å²) in [5, 5.41) is 0. The molecule has 0 aromatic heterocycles. The summed E-state index contributed by atoms with van der Waals surface area (Å²) in [6.45, 7) is 0. The number of carbonyl (C=O) groups excluding carboxylic acids is 1. The molecule has 0 atom stereocenters. The highest BCUT2D eigenvalue weighted by Crippen LogP contribution is 2.52. The Hall–Kier alpha value is -2.81. The maximum Gasteiger partial charge on any atom is 0.250 e. The number of carbonyl (C=O) groups is 1. The highest BCUT2D eigenvalue weighted by atomic mass is 16.1. The summed E-state index contributed by atoms with van der Waals surface area (Å²) in [4.78, 5) is 14.1. The molecule has 1 fully saturated rings. The van der Waals surface area contributed by atoms with Crippen LogP contribution in [-0.4, -0.2) is 20.0 Å². The second kappa shape index (κ2) is 7.71. The lowest BCUT2D eigenvalue weighted by atomic mass is 9.82. The van der Waals surface area contributed by atoms with Gasteiger partial charge in [-0.1, -0.05) is 49.3 Å². The van der Waals surface area contributed by atoms with Gasteiger partial charge in [-0.05, 0) is 89.5 Å². The number of benzene rings is 2. The number of allylic oxidation sites excluding steroid dienone is 4. The molecule has 1 amide bonds. The van der Waals surface area contributed by atoms with Crippen LogP contribution in [0.1, 0.15) is 65.6 Å². The Morgan fingerprint density at radius 1 is 0.968 bits per heavy atom. The van der Waals surface area contributed by atoms with Crippen molar-refractivity contribution >= 4 is 17.2 Å². The van der Waals surface area contributed by atoms with Gasteiger partial charge in [0.2, 0.25) is 0 Å². The molecular weight excluding hydrogens is 380 g/mol. The van der Waals surface area contributed by atoms with Crippen molar-refractivity contribution in [2.24, 2.45) is 11.1 Å². The van der Waals surface area contributed by atoms with Crippen molar-refractivity contribution in [2.75, 3.05) is 19.0 Å². The fourth-order valence-electron chi connectivity index (χ4n) is 6.03. The Morgan fingerprint density at radius 2 is 1.68 bits per heavy atom. The number of primary amides is 1. The number of hydrogen-bond acceptors (Lipinski definition) is 2.